The van der Waals surface area contributed by atoms with Gasteiger partial charge in [0.1, 0.15) is 35.4 Å². The number of nitrogens with zero attached hydrogens (tertiary/aromatic N) is 5. The van der Waals surface area contributed by atoms with Gasteiger partial charge in [-0.15, -0.1) is 5.10 Å². The highest BCUT2D eigenvalue weighted by molar-refractivity contribution is 6.01. The van der Waals surface area contributed by atoms with Crippen molar-refractivity contribution in [2.75, 3.05) is 24.6 Å². The molecule has 212 valence electrons. The van der Waals surface area contributed by atoms with Gasteiger partial charge in [-0.2, -0.15) is 5.10 Å². The van der Waals surface area contributed by atoms with Crippen LogP contribution in [0, 0.1) is 11.6 Å². The van der Waals surface area contributed by atoms with Gasteiger partial charge in [-0.25, -0.2) is 27.1 Å². The second-order valence-corrected chi connectivity index (χ2v) is 9.60. The Labute approximate surface area is 229 Å². The van der Waals surface area contributed by atoms with Gasteiger partial charge in [-0.1, -0.05) is 6.07 Å². The summed E-state index contributed by atoms with van der Waals surface area (Å²) in [6.45, 7) is -0.235. The number of aromatic nitrogens is 5. The Hall–Kier alpha value is -4.72. The number of β-amino-alcohol motifs (C(OH)–C–C–N with tert-alkyl or cyclic N) is 1. The molecule has 2 atom stereocenters. The molecule has 0 radical (unpaired) electrons. The number of pyridine rings is 2. The summed E-state index contributed by atoms with van der Waals surface area (Å²) in [5, 5.41) is 25.2. The summed E-state index contributed by atoms with van der Waals surface area (Å²) in [6, 6.07) is 7.64. The second-order valence-electron chi connectivity index (χ2n) is 9.60. The van der Waals surface area contributed by atoms with Crippen LogP contribution in [0.5, 0.6) is 5.75 Å². The minimum atomic E-state index is -2.64. The van der Waals surface area contributed by atoms with Crippen molar-refractivity contribution in [3.63, 3.8) is 0 Å². The third kappa shape index (κ3) is 5.13. The van der Waals surface area contributed by atoms with Crippen LogP contribution in [-0.2, 0) is 0 Å². The van der Waals surface area contributed by atoms with Crippen molar-refractivity contribution in [3.8, 4) is 16.9 Å². The number of hydrogen-bond donors (Lipinski definition) is 3. The molecular weight excluding hydrogens is 546 g/mol. The van der Waals surface area contributed by atoms with Gasteiger partial charge in [0.2, 0.25) is 0 Å². The van der Waals surface area contributed by atoms with E-state index in [2.05, 4.69) is 25.6 Å². The Morgan fingerprint density at radius 2 is 2.00 bits per heavy atom. The number of hydrogen-bond acceptors (Lipinski definition) is 7. The fraction of sp³-hybridized carbons (Fsp3) is 0.259. The number of ether oxygens (including phenoxy) is 1. The molecule has 6 rings (SSSR count). The van der Waals surface area contributed by atoms with E-state index < -0.39 is 48.3 Å². The smallest absolute Gasteiger partial charge is 0.272 e. The molecule has 14 heteroatoms. The van der Waals surface area contributed by atoms with Gasteiger partial charge in [0, 0.05) is 30.4 Å². The van der Waals surface area contributed by atoms with E-state index in [9.17, 15) is 27.5 Å². The number of H-pyrrole nitrogens is 1. The van der Waals surface area contributed by atoms with Crippen LogP contribution >= 0.6 is 0 Å². The van der Waals surface area contributed by atoms with Gasteiger partial charge >= 0.3 is 0 Å². The fourth-order valence-electron chi connectivity index (χ4n) is 4.99. The van der Waals surface area contributed by atoms with Gasteiger partial charge < -0.3 is 20.1 Å². The Morgan fingerprint density at radius 3 is 2.71 bits per heavy atom. The number of nitrogens with one attached hydrogen (secondary N) is 2. The van der Waals surface area contributed by atoms with Crippen LogP contribution in [0.2, 0.25) is 0 Å². The minimum Gasteiger partial charge on any atom is -0.486 e. The van der Waals surface area contributed by atoms with Crippen molar-refractivity contribution in [3.05, 3.63) is 72.2 Å². The Morgan fingerprint density at radius 1 is 1.20 bits per heavy atom. The molecule has 10 nitrogen and oxygen atoms in total. The molecule has 1 amide bonds. The molecule has 4 aromatic heterocycles. The number of piperidine rings is 1. The van der Waals surface area contributed by atoms with Gasteiger partial charge in [0.05, 0.1) is 35.4 Å². The molecule has 1 aliphatic rings. The Bertz CT molecular complexity index is 1700. The van der Waals surface area contributed by atoms with Crippen molar-refractivity contribution in [2.45, 2.75) is 25.0 Å². The normalized spacial score (nSPS) is 17.5. The van der Waals surface area contributed by atoms with E-state index >= 15 is 0 Å². The SMILES string of the molecule is O=C(N[C@H]1CCN(c2ccc(-c3cc(OCC(F)F)cn4nc5[nH]ncc5c34)cn2)C[C@@H]1O)c1c(F)cccc1F. The number of fused-ring (bicyclic) bond motifs is 3. The number of alkyl halides is 2. The van der Waals surface area contributed by atoms with Crippen LogP contribution in [0.4, 0.5) is 23.4 Å². The number of aliphatic hydroxyl groups excluding tert-OH is 1. The Balaban J connectivity index is 1.20. The molecule has 0 aliphatic carbocycles. The molecule has 5 aromatic rings. The summed E-state index contributed by atoms with van der Waals surface area (Å²) in [7, 11) is 0. The summed E-state index contributed by atoms with van der Waals surface area (Å²) in [5.41, 5.74) is 1.82. The van der Waals surface area contributed by atoms with Crippen LogP contribution in [0.3, 0.4) is 0 Å². The lowest BCUT2D eigenvalue weighted by molar-refractivity contribution is 0.0790. The average molecular weight is 570 g/mol. The van der Waals surface area contributed by atoms with E-state index in [1.54, 1.807) is 30.6 Å². The molecule has 1 saturated heterocycles. The third-order valence-corrected chi connectivity index (χ3v) is 6.95. The van der Waals surface area contributed by atoms with Crippen LogP contribution in [-0.4, -0.2) is 74.1 Å². The predicted molar refractivity (Wildman–Crippen MR) is 140 cm³/mol. The first-order chi connectivity index (χ1) is 19.8. The maximum atomic E-state index is 14.0. The van der Waals surface area contributed by atoms with Gasteiger partial charge in [0.25, 0.3) is 12.3 Å². The lowest BCUT2D eigenvalue weighted by Gasteiger charge is -2.37. The largest absolute Gasteiger partial charge is 0.486 e. The first kappa shape index (κ1) is 26.5. The molecule has 41 heavy (non-hydrogen) atoms. The van der Waals surface area contributed by atoms with Gasteiger partial charge in [-0.05, 0) is 36.8 Å². The lowest BCUT2D eigenvalue weighted by Crippen LogP contribution is -2.54. The van der Waals surface area contributed by atoms with Crippen molar-refractivity contribution in [2.24, 2.45) is 0 Å². The highest BCUT2D eigenvalue weighted by Gasteiger charge is 2.31. The summed E-state index contributed by atoms with van der Waals surface area (Å²) in [5.74, 6) is -2.13. The van der Waals surface area contributed by atoms with Gasteiger partial charge in [0.15, 0.2) is 5.65 Å². The summed E-state index contributed by atoms with van der Waals surface area (Å²) in [6.07, 6.45) is 1.40. The van der Waals surface area contributed by atoms with E-state index in [-0.39, 0.29) is 12.3 Å². The first-order valence-corrected chi connectivity index (χ1v) is 12.7. The van der Waals surface area contributed by atoms with Crippen LogP contribution in [0.1, 0.15) is 16.8 Å². The highest BCUT2D eigenvalue weighted by atomic mass is 19.3. The summed E-state index contributed by atoms with van der Waals surface area (Å²) >= 11 is 0. The number of halogens is 4. The summed E-state index contributed by atoms with van der Waals surface area (Å²) < 4.78 is 60.3. The van der Waals surface area contributed by atoms with Crippen molar-refractivity contribution in [1.29, 1.82) is 0 Å². The molecule has 0 bridgehead atoms. The van der Waals surface area contributed by atoms with E-state index in [0.29, 0.717) is 41.1 Å². The van der Waals surface area contributed by atoms with Crippen LogP contribution in [0.15, 0.2) is 55.0 Å². The van der Waals surface area contributed by atoms with Crippen molar-refractivity contribution >= 4 is 28.3 Å². The fourth-order valence-corrected chi connectivity index (χ4v) is 4.99. The summed E-state index contributed by atoms with van der Waals surface area (Å²) in [4.78, 5) is 18.8. The van der Waals surface area contributed by atoms with Crippen LogP contribution < -0.4 is 15.0 Å². The Kier molecular flexibility index (Phi) is 6.91. The van der Waals surface area contributed by atoms with Crippen molar-refractivity contribution < 1.29 is 32.2 Å². The van der Waals surface area contributed by atoms with Gasteiger partial charge in [-0.3, -0.25) is 9.89 Å². The predicted octanol–water partition coefficient (Wildman–Crippen LogP) is 3.56. The van der Waals surface area contributed by atoms with E-state index in [4.69, 9.17) is 4.74 Å². The quantitative estimate of drug-likeness (QED) is 0.257. The lowest BCUT2D eigenvalue weighted by atomic mass is 10.0. The second kappa shape index (κ2) is 10.7. The number of carbonyl (C=O) groups is 1. The molecule has 3 N–H and O–H groups in total. The first-order valence-electron chi connectivity index (χ1n) is 12.7. The maximum absolute atomic E-state index is 14.0. The van der Waals surface area contributed by atoms with E-state index in [0.717, 1.165) is 17.5 Å². The number of benzene rings is 1. The topological polar surface area (TPSA) is 121 Å². The molecular formula is C27H23F4N7O3. The number of anilines is 1. The monoisotopic (exact) mass is 569 g/mol. The number of amides is 1. The zero-order valence-electron chi connectivity index (χ0n) is 21.3. The highest BCUT2D eigenvalue weighted by Crippen LogP contribution is 2.33. The number of aromatic amines is 1. The molecule has 1 aromatic carbocycles. The molecule has 0 saturated carbocycles. The minimum absolute atomic E-state index is 0.122. The molecule has 1 aliphatic heterocycles. The zero-order valence-corrected chi connectivity index (χ0v) is 21.3. The van der Waals surface area contributed by atoms with Crippen LogP contribution in [0.25, 0.3) is 27.7 Å². The van der Waals surface area contributed by atoms with Crippen molar-refractivity contribution in [1.82, 2.24) is 30.1 Å². The molecule has 0 spiro atoms. The molecule has 1 fully saturated rings. The zero-order chi connectivity index (χ0) is 28.7. The molecule has 5 heterocycles. The number of carbonyl (C=O) groups excluding carboxylic acids is 1. The maximum Gasteiger partial charge on any atom is 0.272 e. The number of rotatable bonds is 7. The molecule has 0 unspecified atom stereocenters. The van der Waals surface area contributed by atoms with E-state index in [1.165, 1.54) is 16.8 Å². The van der Waals surface area contributed by atoms with E-state index in [1.807, 2.05) is 4.90 Å². The number of aliphatic hydroxyl groups is 1. The average Bonchev–Trinajstić information content (AvgIpc) is 3.54. The standard InChI is InChI=1S/C27H23F4N7O3/c28-18-2-1-3-19(29)24(18)27(40)34-20-6-7-37(12-21(20)39)23-5-4-14(9-32-23)16-8-15(41-13-22(30)31)11-38-25(16)17-10-33-35-26(17)36-38/h1-5,8-11,20-22,39H,6-7,12-13H2,(H,34,40)(H,35,36)/t20-,21-/m0/s1. The third-order valence-electron chi connectivity index (χ3n) is 6.95.